The predicted molar refractivity (Wildman–Crippen MR) is 61.0 cm³/mol. The molecule has 0 aliphatic rings. The Hall–Kier alpha value is -0.0400. The third kappa shape index (κ3) is 8.29. The molecule has 0 fully saturated rings. The number of rotatable bonds is 8. The van der Waals surface area contributed by atoms with Crippen molar-refractivity contribution in [3.8, 4) is 0 Å². The van der Waals surface area contributed by atoms with Crippen LogP contribution in [0.3, 0.4) is 0 Å². The van der Waals surface area contributed by atoms with Crippen molar-refractivity contribution in [3.05, 3.63) is 0 Å². The Kier molecular flexibility index (Phi) is 8.53. The lowest BCUT2D eigenvalue weighted by Crippen LogP contribution is -2.20. The van der Waals surface area contributed by atoms with Crippen molar-refractivity contribution in [1.29, 1.82) is 0 Å². The minimum Gasteiger partial charge on any atom is -0.317 e. The minimum atomic E-state index is 0.831. The number of unbranched alkanes of at least 4 members (excludes halogenated alkanes) is 2. The first kappa shape index (κ1) is 13.0. The minimum absolute atomic E-state index is 0.831. The Morgan fingerprint density at radius 2 is 1.69 bits per heavy atom. The average Bonchev–Trinajstić information content (AvgIpc) is 2.10. The molecule has 1 heteroatoms. The van der Waals surface area contributed by atoms with Gasteiger partial charge in [0, 0.05) is 0 Å². The van der Waals surface area contributed by atoms with Crippen LogP contribution in [-0.4, -0.2) is 13.1 Å². The van der Waals surface area contributed by atoms with Crippen LogP contribution in [0.5, 0.6) is 0 Å². The third-order valence-electron chi connectivity index (χ3n) is 2.87. The van der Waals surface area contributed by atoms with Crippen molar-refractivity contribution in [2.24, 2.45) is 11.8 Å². The first-order valence-electron chi connectivity index (χ1n) is 5.89. The maximum Gasteiger partial charge on any atom is -0.00463 e. The van der Waals surface area contributed by atoms with E-state index in [1.807, 2.05) is 0 Å². The maximum atomic E-state index is 3.51. The van der Waals surface area contributed by atoms with Crippen LogP contribution in [0.1, 0.15) is 53.4 Å². The van der Waals surface area contributed by atoms with E-state index in [4.69, 9.17) is 0 Å². The Morgan fingerprint density at radius 1 is 1.00 bits per heavy atom. The molecule has 0 amide bonds. The molecule has 0 radical (unpaired) electrons. The molecule has 0 heterocycles. The van der Waals surface area contributed by atoms with E-state index in [-0.39, 0.29) is 0 Å². The molecule has 1 N–H and O–H groups in total. The van der Waals surface area contributed by atoms with Gasteiger partial charge in [0.2, 0.25) is 0 Å². The summed E-state index contributed by atoms with van der Waals surface area (Å²) in [4.78, 5) is 0. The monoisotopic (exact) mass is 185 g/mol. The molecule has 0 bridgehead atoms. The molecule has 0 aliphatic heterocycles. The summed E-state index contributed by atoms with van der Waals surface area (Å²) < 4.78 is 0. The zero-order chi connectivity index (χ0) is 10.1. The third-order valence-corrected chi connectivity index (χ3v) is 2.87. The second-order valence-corrected chi connectivity index (χ2v) is 4.47. The molecular formula is C12H27N. The normalized spacial score (nSPS) is 13.6. The van der Waals surface area contributed by atoms with Gasteiger partial charge in [0.15, 0.2) is 0 Å². The summed E-state index contributed by atoms with van der Waals surface area (Å²) >= 11 is 0. The lowest BCUT2D eigenvalue weighted by molar-refractivity contribution is 0.382. The average molecular weight is 185 g/mol. The number of hydrogen-bond acceptors (Lipinski definition) is 1. The quantitative estimate of drug-likeness (QED) is 0.571. The molecular weight excluding hydrogens is 158 g/mol. The van der Waals surface area contributed by atoms with Crippen LogP contribution in [0.4, 0.5) is 0 Å². The van der Waals surface area contributed by atoms with E-state index in [1.54, 1.807) is 0 Å². The fraction of sp³-hybridized carbons (Fsp3) is 1.00. The molecule has 1 unspecified atom stereocenters. The molecule has 0 aromatic rings. The van der Waals surface area contributed by atoms with Crippen molar-refractivity contribution in [2.75, 3.05) is 13.1 Å². The van der Waals surface area contributed by atoms with Crippen LogP contribution in [-0.2, 0) is 0 Å². The Balaban J connectivity index is 3.07. The van der Waals surface area contributed by atoms with Crippen molar-refractivity contribution in [3.63, 3.8) is 0 Å². The van der Waals surface area contributed by atoms with Crippen molar-refractivity contribution in [1.82, 2.24) is 5.32 Å². The zero-order valence-electron chi connectivity index (χ0n) is 9.90. The van der Waals surface area contributed by atoms with Crippen LogP contribution < -0.4 is 5.32 Å². The molecule has 13 heavy (non-hydrogen) atoms. The van der Waals surface area contributed by atoms with E-state index >= 15 is 0 Å². The molecule has 0 spiro atoms. The van der Waals surface area contributed by atoms with E-state index in [9.17, 15) is 0 Å². The van der Waals surface area contributed by atoms with Gasteiger partial charge >= 0.3 is 0 Å². The summed E-state index contributed by atoms with van der Waals surface area (Å²) in [5, 5.41) is 3.51. The summed E-state index contributed by atoms with van der Waals surface area (Å²) in [7, 11) is 0. The van der Waals surface area contributed by atoms with Crippen LogP contribution in [0.2, 0.25) is 0 Å². The largest absolute Gasteiger partial charge is 0.317 e. The summed E-state index contributed by atoms with van der Waals surface area (Å²) in [6, 6.07) is 0. The molecule has 80 valence electrons. The highest BCUT2D eigenvalue weighted by atomic mass is 14.8. The van der Waals surface area contributed by atoms with Crippen LogP contribution in [0.25, 0.3) is 0 Å². The smallest absolute Gasteiger partial charge is 0.00463 e. The standard InChI is InChI=1S/C12H27N/c1-5-6-7-9-13-10-8-12(4)11(2)3/h11-13H,5-10H2,1-4H3. The fourth-order valence-corrected chi connectivity index (χ4v) is 1.29. The highest BCUT2D eigenvalue weighted by Crippen LogP contribution is 2.12. The molecule has 0 saturated carbocycles. The van der Waals surface area contributed by atoms with Crippen LogP contribution in [0, 0.1) is 11.8 Å². The summed E-state index contributed by atoms with van der Waals surface area (Å²) in [5.74, 6) is 1.69. The van der Waals surface area contributed by atoms with E-state index in [1.165, 1.54) is 38.8 Å². The second-order valence-electron chi connectivity index (χ2n) is 4.47. The Labute approximate surface area is 84.3 Å². The van der Waals surface area contributed by atoms with E-state index in [2.05, 4.69) is 33.0 Å². The van der Waals surface area contributed by atoms with Crippen LogP contribution in [0.15, 0.2) is 0 Å². The molecule has 0 aliphatic carbocycles. The van der Waals surface area contributed by atoms with Gasteiger partial charge in [0.1, 0.15) is 0 Å². The van der Waals surface area contributed by atoms with E-state index in [0.717, 1.165) is 11.8 Å². The summed E-state index contributed by atoms with van der Waals surface area (Å²) in [6.45, 7) is 11.6. The number of nitrogens with one attached hydrogen (secondary N) is 1. The molecule has 0 rings (SSSR count). The second kappa shape index (κ2) is 8.55. The Morgan fingerprint density at radius 3 is 2.23 bits per heavy atom. The lowest BCUT2D eigenvalue weighted by Gasteiger charge is -2.15. The van der Waals surface area contributed by atoms with Crippen LogP contribution >= 0.6 is 0 Å². The van der Waals surface area contributed by atoms with Crippen molar-refractivity contribution >= 4 is 0 Å². The molecule has 0 aromatic carbocycles. The summed E-state index contributed by atoms with van der Waals surface area (Å²) in [5.41, 5.74) is 0. The Bertz CT molecular complexity index is 99.3. The van der Waals surface area contributed by atoms with Gasteiger partial charge in [-0.3, -0.25) is 0 Å². The van der Waals surface area contributed by atoms with E-state index in [0.29, 0.717) is 0 Å². The fourth-order valence-electron chi connectivity index (χ4n) is 1.29. The first-order valence-corrected chi connectivity index (χ1v) is 5.89. The lowest BCUT2D eigenvalue weighted by atomic mass is 9.95. The van der Waals surface area contributed by atoms with Gasteiger partial charge in [-0.1, -0.05) is 40.5 Å². The molecule has 1 atom stereocenters. The van der Waals surface area contributed by atoms with Crippen molar-refractivity contribution in [2.45, 2.75) is 53.4 Å². The predicted octanol–water partition coefficient (Wildman–Crippen LogP) is 3.45. The van der Waals surface area contributed by atoms with Gasteiger partial charge < -0.3 is 5.32 Å². The molecule has 1 nitrogen and oxygen atoms in total. The number of hydrogen-bond donors (Lipinski definition) is 1. The zero-order valence-corrected chi connectivity index (χ0v) is 9.90. The van der Waals surface area contributed by atoms with Gasteiger partial charge in [-0.25, -0.2) is 0 Å². The van der Waals surface area contributed by atoms with Gasteiger partial charge in [-0.05, 0) is 37.8 Å². The molecule has 0 aromatic heterocycles. The van der Waals surface area contributed by atoms with Crippen molar-refractivity contribution < 1.29 is 0 Å². The van der Waals surface area contributed by atoms with Gasteiger partial charge in [0.05, 0.1) is 0 Å². The van der Waals surface area contributed by atoms with Gasteiger partial charge in [-0.15, -0.1) is 0 Å². The topological polar surface area (TPSA) is 12.0 Å². The van der Waals surface area contributed by atoms with Gasteiger partial charge in [-0.2, -0.15) is 0 Å². The highest BCUT2D eigenvalue weighted by Gasteiger charge is 2.05. The first-order chi connectivity index (χ1) is 6.18. The van der Waals surface area contributed by atoms with Gasteiger partial charge in [0.25, 0.3) is 0 Å². The van der Waals surface area contributed by atoms with E-state index < -0.39 is 0 Å². The SMILES string of the molecule is CCCCCNCCC(C)C(C)C. The molecule has 0 saturated heterocycles. The maximum absolute atomic E-state index is 3.51. The highest BCUT2D eigenvalue weighted by molar-refractivity contribution is 4.59. The summed E-state index contributed by atoms with van der Waals surface area (Å²) in [6.07, 6.45) is 5.35.